The van der Waals surface area contributed by atoms with Crippen LogP contribution in [0.25, 0.3) is 0 Å². The second kappa shape index (κ2) is 5.54. The van der Waals surface area contributed by atoms with E-state index in [0.717, 1.165) is 38.4 Å². The number of hydrogen-bond donors (Lipinski definition) is 0. The van der Waals surface area contributed by atoms with Gasteiger partial charge in [0.05, 0.1) is 11.9 Å². The highest BCUT2D eigenvalue weighted by molar-refractivity contribution is 5.83. The average Bonchev–Trinajstić information content (AvgIpc) is 2.84. The highest BCUT2D eigenvalue weighted by Gasteiger charge is 2.63. The molecule has 0 radical (unpaired) electrons. The molecular formula is C20H31N5O. The Balaban J connectivity index is 1.19. The van der Waals surface area contributed by atoms with Crippen molar-refractivity contribution in [2.24, 2.45) is 22.7 Å². The van der Waals surface area contributed by atoms with Crippen molar-refractivity contribution in [3.05, 3.63) is 11.9 Å². The molecule has 4 fully saturated rings. The third kappa shape index (κ3) is 2.52. The van der Waals surface area contributed by atoms with E-state index in [9.17, 15) is 4.79 Å². The topological polar surface area (TPSA) is 54.3 Å². The van der Waals surface area contributed by atoms with Crippen molar-refractivity contribution in [2.75, 3.05) is 26.2 Å². The Hall–Kier alpha value is -1.43. The van der Waals surface area contributed by atoms with Crippen LogP contribution < -0.4 is 0 Å². The van der Waals surface area contributed by atoms with Gasteiger partial charge in [0.25, 0.3) is 0 Å². The van der Waals surface area contributed by atoms with Crippen molar-refractivity contribution in [1.29, 1.82) is 0 Å². The first-order valence-corrected chi connectivity index (χ1v) is 10.3. The summed E-state index contributed by atoms with van der Waals surface area (Å²) < 4.78 is 1.93. The molecule has 1 amide bonds. The standard InChI is InChI=1S/C20H31N5O/c1-14(2)25-11-16(21-22-25)10-23-8-15-9-24(13-19(15,3)12-23)18(26)17-7-20(17)5-4-6-20/h11,14-15,17H,4-10,12-13H2,1-3H3/t15-,17?,19+/m1/s1. The van der Waals surface area contributed by atoms with Gasteiger partial charge in [0.15, 0.2) is 0 Å². The summed E-state index contributed by atoms with van der Waals surface area (Å²) in [6.45, 7) is 11.5. The SMILES string of the molecule is CC(C)n1cc(CN2C[C@@H]3CN(C(=O)C4CC45CCC5)C[C@]3(C)C2)nn1. The molecule has 1 spiro atoms. The second-order valence-corrected chi connectivity index (χ2v) is 10.00. The van der Waals surface area contributed by atoms with E-state index in [4.69, 9.17) is 0 Å². The minimum Gasteiger partial charge on any atom is -0.341 e. The number of nitrogens with zero attached hydrogens (tertiary/aromatic N) is 5. The van der Waals surface area contributed by atoms with Gasteiger partial charge < -0.3 is 4.90 Å². The van der Waals surface area contributed by atoms with E-state index in [1.807, 2.05) is 4.68 Å². The molecule has 0 aromatic carbocycles. The third-order valence-corrected chi connectivity index (χ3v) is 7.66. The van der Waals surface area contributed by atoms with Gasteiger partial charge in [-0.25, -0.2) is 4.68 Å². The number of aromatic nitrogens is 3. The molecule has 1 aromatic rings. The Labute approximate surface area is 155 Å². The smallest absolute Gasteiger partial charge is 0.226 e. The molecule has 6 heteroatoms. The lowest BCUT2D eigenvalue weighted by Crippen LogP contribution is -2.37. The van der Waals surface area contributed by atoms with Crippen LogP contribution in [0.2, 0.25) is 0 Å². The van der Waals surface area contributed by atoms with Gasteiger partial charge in [0.2, 0.25) is 5.91 Å². The van der Waals surface area contributed by atoms with Crippen molar-refractivity contribution in [3.63, 3.8) is 0 Å². The summed E-state index contributed by atoms with van der Waals surface area (Å²) >= 11 is 0. The number of hydrogen-bond acceptors (Lipinski definition) is 4. The van der Waals surface area contributed by atoms with E-state index in [0.29, 0.717) is 29.2 Å². The van der Waals surface area contributed by atoms with Crippen LogP contribution in [0.1, 0.15) is 58.2 Å². The summed E-state index contributed by atoms with van der Waals surface area (Å²) in [5.74, 6) is 1.43. The fourth-order valence-electron chi connectivity index (χ4n) is 5.72. The fraction of sp³-hybridized carbons (Fsp3) is 0.850. The predicted octanol–water partition coefficient (Wildman–Crippen LogP) is 2.33. The van der Waals surface area contributed by atoms with Crippen LogP contribution in [0.4, 0.5) is 0 Å². The van der Waals surface area contributed by atoms with Crippen LogP contribution in [0.15, 0.2) is 6.20 Å². The second-order valence-electron chi connectivity index (χ2n) is 10.00. The zero-order valence-corrected chi connectivity index (χ0v) is 16.3. The minimum absolute atomic E-state index is 0.241. The number of amides is 1. The van der Waals surface area contributed by atoms with Gasteiger partial charge in [-0.2, -0.15) is 0 Å². The van der Waals surface area contributed by atoms with E-state index < -0.39 is 0 Å². The zero-order valence-electron chi connectivity index (χ0n) is 16.3. The lowest BCUT2D eigenvalue weighted by Gasteiger charge is -2.29. The van der Waals surface area contributed by atoms with Crippen molar-refractivity contribution >= 4 is 5.91 Å². The molecule has 1 aromatic heterocycles. The highest BCUT2D eigenvalue weighted by Crippen LogP contribution is 2.66. The summed E-state index contributed by atoms with van der Waals surface area (Å²) in [5.41, 5.74) is 1.75. The lowest BCUT2D eigenvalue weighted by atomic mass is 9.79. The van der Waals surface area contributed by atoms with Crippen LogP contribution in [-0.4, -0.2) is 56.9 Å². The summed E-state index contributed by atoms with van der Waals surface area (Å²) in [5, 5.41) is 8.55. The largest absolute Gasteiger partial charge is 0.341 e. The van der Waals surface area contributed by atoms with E-state index in [1.165, 1.54) is 25.7 Å². The number of likely N-dealkylation sites (tertiary alicyclic amines) is 2. The summed E-state index contributed by atoms with van der Waals surface area (Å²) in [6, 6.07) is 0.354. The maximum Gasteiger partial charge on any atom is 0.226 e. The van der Waals surface area contributed by atoms with Crippen LogP contribution in [0.3, 0.4) is 0 Å². The Morgan fingerprint density at radius 1 is 1.31 bits per heavy atom. The van der Waals surface area contributed by atoms with Gasteiger partial charge in [-0.1, -0.05) is 18.6 Å². The number of fused-ring (bicyclic) bond motifs is 1. The Kier molecular flexibility index (Phi) is 3.56. The average molecular weight is 358 g/mol. The van der Waals surface area contributed by atoms with Gasteiger partial charge in [-0.15, -0.1) is 5.10 Å². The normalized spacial score (nSPS) is 35.2. The molecule has 2 saturated carbocycles. The highest BCUT2D eigenvalue weighted by atomic mass is 16.2. The quantitative estimate of drug-likeness (QED) is 0.830. The molecule has 2 aliphatic carbocycles. The molecule has 2 aliphatic heterocycles. The van der Waals surface area contributed by atoms with E-state index in [1.54, 1.807) is 0 Å². The molecule has 3 atom stereocenters. The van der Waals surface area contributed by atoms with Gasteiger partial charge >= 0.3 is 0 Å². The van der Waals surface area contributed by atoms with Crippen molar-refractivity contribution in [1.82, 2.24) is 24.8 Å². The molecule has 5 rings (SSSR count). The lowest BCUT2D eigenvalue weighted by molar-refractivity contribution is -0.133. The van der Waals surface area contributed by atoms with Crippen LogP contribution in [-0.2, 0) is 11.3 Å². The first-order valence-electron chi connectivity index (χ1n) is 10.3. The molecule has 26 heavy (non-hydrogen) atoms. The van der Waals surface area contributed by atoms with Gasteiger partial charge in [-0.05, 0) is 44.4 Å². The van der Waals surface area contributed by atoms with Gasteiger partial charge in [0, 0.05) is 50.1 Å². The number of carbonyl (C=O) groups is 1. The van der Waals surface area contributed by atoms with Crippen LogP contribution in [0, 0.1) is 22.7 Å². The van der Waals surface area contributed by atoms with E-state index >= 15 is 0 Å². The van der Waals surface area contributed by atoms with Crippen molar-refractivity contribution < 1.29 is 4.79 Å². The van der Waals surface area contributed by atoms with Crippen LogP contribution >= 0.6 is 0 Å². The Morgan fingerprint density at radius 2 is 2.12 bits per heavy atom. The minimum atomic E-state index is 0.241. The van der Waals surface area contributed by atoms with Crippen molar-refractivity contribution in [3.8, 4) is 0 Å². The summed E-state index contributed by atoms with van der Waals surface area (Å²) in [6.07, 6.45) is 7.16. The molecule has 3 heterocycles. The number of carbonyl (C=O) groups excluding carboxylic acids is 1. The monoisotopic (exact) mass is 357 g/mol. The first kappa shape index (κ1) is 16.7. The number of rotatable bonds is 4. The van der Waals surface area contributed by atoms with Gasteiger partial charge in [-0.3, -0.25) is 9.69 Å². The molecule has 142 valence electrons. The summed E-state index contributed by atoms with van der Waals surface area (Å²) in [7, 11) is 0. The molecule has 0 bridgehead atoms. The first-order chi connectivity index (χ1) is 12.4. The molecule has 6 nitrogen and oxygen atoms in total. The molecular weight excluding hydrogens is 326 g/mol. The fourth-order valence-corrected chi connectivity index (χ4v) is 5.72. The van der Waals surface area contributed by atoms with E-state index in [2.05, 4.69) is 47.1 Å². The molecule has 2 saturated heterocycles. The maximum atomic E-state index is 12.9. The van der Waals surface area contributed by atoms with Crippen LogP contribution in [0.5, 0.6) is 0 Å². The predicted molar refractivity (Wildman–Crippen MR) is 98.3 cm³/mol. The zero-order chi connectivity index (χ0) is 18.1. The summed E-state index contributed by atoms with van der Waals surface area (Å²) in [4.78, 5) is 17.6. The maximum absolute atomic E-state index is 12.9. The molecule has 1 unspecified atom stereocenters. The third-order valence-electron chi connectivity index (χ3n) is 7.66. The Morgan fingerprint density at radius 3 is 2.69 bits per heavy atom. The molecule has 0 N–H and O–H groups in total. The van der Waals surface area contributed by atoms with Crippen molar-refractivity contribution in [2.45, 2.75) is 59.0 Å². The Bertz CT molecular complexity index is 724. The molecule has 4 aliphatic rings. The van der Waals surface area contributed by atoms with Gasteiger partial charge in [0.1, 0.15) is 0 Å². The van der Waals surface area contributed by atoms with E-state index in [-0.39, 0.29) is 5.41 Å².